The summed E-state index contributed by atoms with van der Waals surface area (Å²) in [6.07, 6.45) is 1.32. The number of amides is 1. The zero-order valence-electron chi connectivity index (χ0n) is 14.1. The molecule has 0 aromatic heterocycles. The van der Waals surface area contributed by atoms with E-state index in [2.05, 4.69) is 10.6 Å². The molecule has 4 heteroatoms. The van der Waals surface area contributed by atoms with Gasteiger partial charge in [0.25, 0.3) is 5.91 Å². The highest BCUT2D eigenvalue weighted by Crippen LogP contribution is 2.13. The van der Waals surface area contributed by atoms with Crippen molar-refractivity contribution in [3.63, 3.8) is 0 Å². The van der Waals surface area contributed by atoms with Crippen molar-refractivity contribution in [1.82, 2.24) is 0 Å². The van der Waals surface area contributed by atoms with Crippen molar-refractivity contribution in [2.75, 3.05) is 10.6 Å². The van der Waals surface area contributed by atoms with E-state index in [0.29, 0.717) is 11.3 Å². The monoisotopic (exact) mass is 342 g/mol. The minimum atomic E-state index is -0.385. The van der Waals surface area contributed by atoms with Crippen LogP contribution in [0, 0.1) is 0 Å². The van der Waals surface area contributed by atoms with Crippen molar-refractivity contribution >= 4 is 23.1 Å². The molecule has 1 amide bonds. The van der Waals surface area contributed by atoms with Gasteiger partial charge < -0.3 is 10.6 Å². The first-order valence-electron chi connectivity index (χ1n) is 8.22. The number of para-hydroxylation sites is 2. The number of benzene rings is 3. The molecule has 26 heavy (non-hydrogen) atoms. The van der Waals surface area contributed by atoms with E-state index in [1.807, 2.05) is 54.6 Å². The number of hydrogen-bond donors (Lipinski definition) is 2. The maximum absolute atomic E-state index is 12.7. The van der Waals surface area contributed by atoms with Crippen LogP contribution in [0.2, 0.25) is 0 Å². The van der Waals surface area contributed by atoms with Crippen LogP contribution in [0.15, 0.2) is 103 Å². The van der Waals surface area contributed by atoms with Gasteiger partial charge in [0, 0.05) is 23.0 Å². The highest BCUT2D eigenvalue weighted by Gasteiger charge is 2.13. The first kappa shape index (κ1) is 17.2. The van der Waals surface area contributed by atoms with Gasteiger partial charge in [0.1, 0.15) is 5.70 Å². The van der Waals surface area contributed by atoms with Crippen LogP contribution in [-0.2, 0) is 4.79 Å². The lowest BCUT2D eigenvalue weighted by molar-refractivity contribution is -0.112. The lowest BCUT2D eigenvalue weighted by Gasteiger charge is -2.12. The summed E-state index contributed by atoms with van der Waals surface area (Å²) in [4.78, 5) is 25.2. The van der Waals surface area contributed by atoms with Crippen molar-refractivity contribution in [3.05, 3.63) is 108 Å². The van der Waals surface area contributed by atoms with Gasteiger partial charge in [0.05, 0.1) is 0 Å². The molecule has 0 spiro atoms. The minimum Gasteiger partial charge on any atom is -0.351 e. The molecule has 0 aliphatic rings. The van der Waals surface area contributed by atoms with Gasteiger partial charge in [-0.05, 0) is 24.3 Å². The molecule has 0 heterocycles. The number of allylic oxidation sites excluding steroid dienone is 1. The van der Waals surface area contributed by atoms with Gasteiger partial charge in [-0.1, -0.05) is 66.7 Å². The van der Waals surface area contributed by atoms with Crippen LogP contribution < -0.4 is 10.6 Å². The lowest BCUT2D eigenvalue weighted by atomic mass is 10.1. The van der Waals surface area contributed by atoms with Gasteiger partial charge in [-0.25, -0.2) is 0 Å². The number of carbonyl (C=O) groups excluding carboxylic acids is 2. The minimum absolute atomic E-state index is 0.175. The smallest absolute Gasteiger partial charge is 0.272 e. The molecule has 3 aromatic rings. The summed E-state index contributed by atoms with van der Waals surface area (Å²) >= 11 is 0. The highest BCUT2D eigenvalue weighted by molar-refractivity contribution is 6.13. The number of anilines is 2. The zero-order valence-corrected chi connectivity index (χ0v) is 14.1. The predicted molar refractivity (Wildman–Crippen MR) is 104 cm³/mol. The standard InChI is InChI=1S/C22H18N2O2/c25-21(17-10-4-1-5-11-17)16-20(23-18-12-6-2-7-13-18)22(26)24-19-14-8-3-9-15-19/h1-16,23H,(H,24,26)/b20-16+. The van der Waals surface area contributed by atoms with Crippen molar-refractivity contribution in [2.24, 2.45) is 0 Å². The number of hydrogen-bond acceptors (Lipinski definition) is 3. The first-order chi connectivity index (χ1) is 12.7. The van der Waals surface area contributed by atoms with Crippen molar-refractivity contribution in [1.29, 1.82) is 0 Å². The molecule has 0 atom stereocenters. The summed E-state index contributed by atoms with van der Waals surface area (Å²) in [6.45, 7) is 0. The average Bonchev–Trinajstić information content (AvgIpc) is 2.69. The van der Waals surface area contributed by atoms with Gasteiger partial charge >= 0.3 is 0 Å². The molecule has 128 valence electrons. The largest absolute Gasteiger partial charge is 0.351 e. The highest BCUT2D eigenvalue weighted by atomic mass is 16.2. The Kier molecular flexibility index (Phi) is 5.58. The second-order valence-electron chi connectivity index (χ2n) is 5.60. The molecule has 0 radical (unpaired) electrons. The van der Waals surface area contributed by atoms with Crippen LogP contribution in [0.5, 0.6) is 0 Å². The maximum atomic E-state index is 12.7. The van der Waals surface area contributed by atoms with E-state index >= 15 is 0 Å². The molecule has 0 saturated heterocycles. The van der Waals surface area contributed by atoms with Crippen LogP contribution in [0.1, 0.15) is 10.4 Å². The summed E-state index contributed by atoms with van der Waals surface area (Å²) in [5, 5.41) is 5.83. The molecule has 0 fully saturated rings. The first-order valence-corrected chi connectivity index (χ1v) is 8.22. The number of rotatable bonds is 6. The molecule has 4 nitrogen and oxygen atoms in total. The van der Waals surface area contributed by atoms with Gasteiger partial charge in [0.15, 0.2) is 5.78 Å². The van der Waals surface area contributed by atoms with Crippen LogP contribution >= 0.6 is 0 Å². The molecule has 2 N–H and O–H groups in total. The van der Waals surface area contributed by atoms with E-state index in [1.54, 1.807) is 36.4 Å². The summed E-state index contributed by atoms with van der Waals surface area (Å²) in [5.74, 6) is -0.628. The Labute approximate surface area is 152 Å². The van der Waals surface area contributed by atoms with Crippen LogP contribution in [0.4, 0.5) is 11.4 Å². The third-order valence-corrected chi connectivity index (χ3v) is 3.66. The third kappa shape index (κ3) is 4.68. The Morgan fingerprint density at radius 3 is 1.62 bits per heavy atom. The Morgan fingerprint density at radius 1 is 0.615 bits per heavy atom. The number of nitrogens with one attached hydrogen (secondary N) is 2. The van der Waals surface area contributed by atoms with Crippen molar-refractivity contribution in [3.8, 4) is 0 Å². The van der Waals surface area contributed by atoms with Crippen LogP contribution in [0.25, 0.3) is 0 Å². The molecule has 3 aromatic carbocycles. The summed E-state index contributed by atoms with van der Waals surface area (Å²) in [6, 6.07) is 27.2. The predicted octanol–water partition coefficient (Wildman–Crippen LogP) is 4.50. The second kappa shape index (κ2) is 8.44. The number of ketones is 1. The van der Waals surface area contributed by atoms with E-state index < -0.39 is 0 Å². The Hall–Kier alpha value is -3.66. The molecule has 3 rings (SSSR count). The Balaban J connectivity index is 1.87. The summed E-state index contributed by atoms with van der Waals surface area (Å²) < 4.78 is 0. The van der Waals surface area contributed by atoms with E-state index in [9.17, 15) is 9.59 Å². The quantitative estimate of drug-likeness (QED) is 0.512. The molecule has 0 unspecified atom stereocenters. The lowest BCUT2D eigenvalue weighted by Crippen LogP contribution is -2.21. The van der Waals surface area contributed by atoms with Gasteiger partial charge in [0.2, 0.25) is 0 Å². The normalized spacial score (nSPS) is 10.8. The zero-order chi connectivity index (χ0) is 18.2. The fourth-order valence-corrected chi connectivity index (χ4v) is 2.37. The van der Waals surface area contributed by atoms with E-state index in [1.165, 1.54) is 6.08 Å². The second-order valence-corrected chi connectivity index (χ2v) is 5.60. The summed E-state index contributed by atoms with van der Waals surface area (Å²) in [7, 11) is 0. The Morgan fingerprint density at radius 2 is 1.08 bits per heavy atom. The molecule has 0 bridgehead atoms. The Bertz CT molecular complexity index is 905. The van der Waals surface area contributed by atoms with Crippen LogP contribution in [0.3, 0.4) is 0 Å². The maximum Gasteiger partial charge on any atom is 0.272 e. The van der Waals surface area contributed by atoms with E-state index in [4.69, 9.17) is 0 Å². The fourth-order valence-electron chi connectivity index (χ4n) is 2.37. The molecular weight excluding hydrogens is 324 g/mol. The van der Waals surface area contributed by atoms with Gasteiger partial charge in [-0.2, -0.15) is 0 Å². The van der Waals surface area contributed by atoms with Crippen molar-refractivity contribution < 1.29 is 9.59 Å². The summed E-state index contributed by atoms with van der Waals surface area (Å²) in [5.41, 5.74) is 2.08. The van der Waals surface area contributed by atoms with E-state index in [0.717, 1.165) is 5.69 Å². The van der Waals surface area contributed by atoms with Crippen LogP contribution in [-0.4, -0.2) is 11.7 Å². The fraction of sp³-hybridized carbons (Fsp3) is 0. The topological polar surface area (TPSA) is 58.2 Å². The molecular formula is C22H18N2O2. The average molecular weight is 342 g/mol. The van der Waals surface area contributed by atoms with Gasteiger partial charge in [-0.15, -0.1) is 0 Å². The molecule has 0 aliphatic carbocycles. The molecule has 0 aliphatic heterocycles. The third-order valence-electron chi connectivity index (χ3n) is 3.66. The van der Waals surface area contributed by atoms with Gasteiger partial charge in [-0.3, -0.25) is 9.59 Å². The number of carbonyl (C=O) groups is 2. The van der Waals surface area contributed by atoms with E-state index in [-0.39, 0.29) is 17.4 Å². The van der Waals surface area contributed by atoms with Crippen molar-refractivity contribution in [2.45, 2.75) is 0 Å². The SMILES string of the molecule is O=C(Nc1ccccc1)/C(=C\C(=O)c1ccccc1)Nc1ccccc1. The molecule has 0 saturated carbocycles.